The normalized spacial score (nSPS) is 13.0. The molecule has 5 rings (SSSR count). The summed E-state index contributed by atoms with van der Waals surface area (Å²) in [7, 11) is 0. The highest BCUT2D eigenvalue weighted by molar-refractivity contribution is 6.33. The van der Waals surface area contributed by atoms with Crippen LogP contribution in [0, 0.1) is 0 Å². The molecular formula is C25H17ClN2O4. The third kappa shape index (κ3) is 3.44. The molecule has 1 N–H and O–H groups in total. The van der Waals surface area contributed by atoms with E-state index in [1.807, 2.05) is 12.3 Å². The van der Waals surface area contributed by atoms with Crippen LogP contribution in [0.3, 0.4) is 0 Å². The van der Waals surface area contributed by atoms with Gasteiger partial charge in [-0.2, -0.15) is 0 Å². The van der Waals surface area contributed by atoms with Crippen LogP contribution in [-0.4, -0.2) is 34.2 Å². The smallest absolute Gasteiger partial charge is 0.345 e. The van der Waals surface area contributed by atoms with Crippen LogP contribution in [0.5, 0.6) is 5.75 Å². The van der Waals surface area contributed by atoms with Crippen molar-refractivity contribution in [2.45, 2.75) is 6.42 Å². The van der Waals surface area contributed by atoms with Crippen LogP contribution < -0.4 is 4.74 Å². The molecule has 0 unspecified atom stereocenters. The fourth-order valence-electron chi connectivity index (χ4n) is 3.89. The van der Waals surface area contributed by atoms with Crippen molar-refractivity contribution < 1.29 is 19.1 Å². The highest BCUT2D eigenvalue weighted by Crippen LogP contribution is 2.27. The Kier molecular flexibility index (Phi) is 4.99. The Balaban J connectivity index is 1.35. The third-order valence-electron chi connectivity index (χ3n) is 5.53. The monoisotopic (exact) mass is 444 g/mol. The lowest BCUT2D eigenvalue weighted by atomic mass is 10.1. The van der Waals surface area contributed by atoms with E-state index in [0.29, 0.717) is 28.3 Å². The van der Waals surface area contributed by atoms with Crippen LogP contribution in [0.2, 0.25) is 5.02 Å². The molecule has 1 aliphatic heterocycles. The van der Waals surface area contributed by atoms with E-state index in [1.54, 1.807) is 60.7 Å². The second-order valence-electron chi connectivity index (χ2n) is 7.45. The van der Waals surface area contributed by atoms with Gasteiger partial charge in [0.15, 0.2) is 0 Å². The number of ether oxygens (including phenoxy) is 1. The molecule has 7 heteroatoms. The summed E-state index contributed by atoms with van der Waals surface area (Å²) in [5, 5.41) is 1.17. The maximum atomic E-state index is 12.6. The van der Waals surface area contributed by atoms with Gasteiger partial charge in [0.2, 0.25) is 0 Å². The summed E-state index contributed by atoms with van der Waals surface area (Å²) in [6, 6.07) is 18.8. The third-order valence-corrected chi connectivity index (χ3v) is 5.86. The van der Waals surface area contributed by atoms with Crippen molar-refractivity contribution in [3.05, 3.63) is 100 Å². The minimum Gasteiger partial charge on any atom is -0.423 e. The molecule has 2 amide bonds. The molecule has 158 valence electrons. The number of nitrogens with zero attached hydrogens (tertiary/aromatic N) is 1. The van der Waals surface area contributed by atoms with Crippen molar-refractivity contribution >= 4 is 40.3 Å². The van der Waals surface area contributed by atoms with E-state index < -0.39 is 5.97 Å². The number of halogens is 1. The number of nitrogens with one attached hydrogen (secondary N) is 1. The Hall–Kier alpha value is -3.90. The molecule has 6 nitrogen and oxygen atoms in total. The summed E-state index contributed by atoms with van der Waals surface area (Å²) >= 11 is 6.08. The predicted octanol–water partition coefficient (Wildman–Crippen LogP) is 4.88. The maximum absolute atomic E-state index is 12.6. The van der Waals surface area contributed by atoms with Gasteiger partial charge in [0, 0.05) is 23.6 Å². The molecule has 0 spiro atoms. The number of carbonyl (C=O) groups excluding carboxylic acids is 3. The van der Waals surface area contributed by atoms with Gasteiger partial charge in [-0.25, -0.2) is 4.79 Å². The summed E-state index contributed by atoms with van der Waals surface area (Å²) in [5.74, 6) is -0.721. The number of hydrogen-bond donors (Lipinski definition) is 1. The molecular weight excluding hydrogens is 428 g/mol. The molecule has 0 radical (unpaired) electrons. The zero-order valence-corrected chi connectivity index (χ0v) is 17.6. The standard InChI is InChI=1S/C25H17ClN2O4/c26-21-8-4-3-7-19(21)25(31)32-16-9-10-22-20(13-16)15(14-27-22)11-12-28-23(29)17-5-1-2-6-18(17)24(28)30/h1-10,13-14,27H,11-12H2. The van der Waals surface area contributed by atoms with Crippen LogP contribution in [0.1, 0.15) is 36.6 Å². The van der Waals surface area contributed by atoms with E-state index in [0.717, 1.165) is 16.5 Å². The molecule has 32 heavy (non-hydrogen) atoms. The van der Waals surface area contributed by atoms with Crippen LogP contribution in [0.15, 0.2) is 72.9 Å². The minimum atomic E-state index is -0.543. The molecule has 0 atom stereocenters. The Morgan fingerprint density at radius 1 is 0.938 bits per heavy atom. The van der Waals surface area contributed by atoms with Crippen LogP contribution in [0.4, 0.5) is 0 Å². The van der Waals surface area contributed by atoms with Crippen molar-refractivity contribution in [3.8, 4) is 5.75 Å². The van der Waals surface area contributed by atoms with E-state index in [9.17, 15) is 14.4 Å². The molecule has 0 saturated heterocycles. The summed E-state index contributed by atoms with van der Waals surface area (Å²) in [4.78, 5) is 42.1. The van der Waals surface area contributed by atoms with Gasteiger partial charge in [-0.15, -0.1) is 0 Å². The van der Waals surface area contributed by atoms with Crippen LogP contribution >= 0.6 is 11.6 Å². The maximum Gasteiger partial charge on any atom is 0.345 e. The Morgan fingerprint density at radius 3 is 2.34 bits per heavy atom. The molecule has 0 aliphatic carbocycles. The number of fused-ring (bicyclic) bond motifs is 2. The topological polar surface area (TPSA) is 79.5 Å². The molecule has 0 bridgehead atoms. The SMILES string of the molecule is O=C(Oc1ccc2[nH]cc(CCN3C(=O)c4ccccc4C3=O)c2c1)c1ccccc1Cl. The number of amides is 2. The fraction of sp³-hybridized carbons (Fsp3) is 0.0800. The summed E-state index contributed by atoms with van der Waals surface area (Å²) < 4.78 is 5.51. The highest BCUT2D eigenvalue weighted by Gasteiger charge is 2.34. The van der Waals surface area contributed by atoms with Gasteiger partial charge in [-0.1, -0.05) is 35.9 Å². The molecule has 2 heterocycles. The number of aromatic nitrogens is 1. The lowest BCUT2D eigenvalue weighted by Gasteiger charge is -2.13. The number of rotatable bonds is 5. The van der Waals surface area contributed by atoms with Gasteiger partial charge in [0.05, 0.1) is 21.7 Å². The lowest BCUT2D eigenvalue weighted by molar-refractivity contribution is 0.0654. The number of imide groups is 1. The van der Waals surface area contributed by atoms with Gasteiger partial charge < -0.3 is 9.72 Å². The summed E-state index contributed by atoms with van der Waals surface area (Å²) in [6.07, 6.45) is 2.30. The zero-order chi connectivity index (χ0) is 22.2. The number of aromatic amines is 1. The first kappa shape index (κ1) is 20.0. The molecule has 3 aromatic carbocycles. The van der Waals surface area contributed by atoms with Crippen LogP contribution in [-0.2, 0) is 6.42 Å². The second kappa shape index (κ2) is 7.98. The number of benzene rings is 3. The first-order valence-corrected chi connectivity index (χ1v) is 10.4. The fourth-order valence-corrected chi connectivity index (χ4v) is 4.10. The molecule has 4 aromatic rings. The quantitative estimate of drug-likeness (QED) is 0.270. The Bertz CT molecular complexity index is 1360. The van der Waals surface area contributed by atoms with Crippen LogP contribution in [0.25, 0.3) is 10.9 Å². The largest absolute Gasteiger partial charge is 0.423 e. The van der Waals surface area contributed by atoms with Crippen molar-refractivity contribution in [3.63, 3.8) is 0 Å². The van der Waals surface area contributed by atoms with E-state index in [2.05, 4.69) is 4.98 Å². The average Bonchev–Trinajstić information content (AvgIpc) is 3.31. The zero-order valence-electron chi connectivity index (χ0n) is 16.8. The minimum absolute atomic E-state index is 0.253. The lowest BCUT2D eigenvalue weighted by Crippen LogP contribution is -2.31. The van der Waals surface area contributed by atoms with E-state index >= 15 is 0 Å². The first-order valence-electron chi connectivity index (χ1n) is 10.0. The van der Waals surface area contributed by atoms with Gasteiger partial charge in [-0.05, 0) is 54.4 Å². The molecule has 1 aromatic heterocycles. The molecule has 1 aliphatic rings. The van der Waals surface area contributed by atoms with Crippen molar-refractivity contribution in [2.24, 2.45) is 0 Å². The van der Waals surface area contributed by atoms with Crippen molar-refractivity contribution in [1.82, 2.24) is 9.88 Å². The van der Waals surface area contributed by atoms with E-state index in [1.165, 1.54) is 4.90 Å². The van der Waals surface area contributed by atoms with Gasteiger partial charge in [-0.3, -0.25) is 14.5 Å². The average molecular weight is 445 g/mol. The molecule has 0 fully saturated rings. The number of hydrogen-bond acceptors (Lipinski definition) is 4. The second-order valence-corrected chi connectivity index (χ2v) is 7.86. The Labute approximate surface area is 188 Å². The van der Waals surface area contributed by atoms with Gasteiger partial charge >= 0.3 is 5.97 Å². The number of carbonyl (C=O) groups is 3. The predicted molar refractivity (Wildman–Crippen MR) is 120 cm³/mol. The van der Waals surface area contributed by atoms with Crippen molar-refractivity contribution in [2.75, 3.05) is 6.54 Å². The number of H-pyrrole nitrogens is 1. The summed E-state index contributed by atoms with van der Waals surface area (Å²) in [5.41, 5.74) is 2.93. The highest BCUT2D eigenvalue weighted by atomic mass is 35.5. The van der Waals surface area contributed by atoms with Gasteiger partial charge in [0.1, 0.15) is 5.75 Å². The van der Waals surface area contributed by atoms with E-state index in [-0.39, 0.29) is 23.9 Å². The van der Waals surface area contributed by atoms with Gasteiger partial charge in [0.25, 0.3) is 11.8 Å². The Morgan fingerprint density at radius 2 is 1.62 bits per heavy atom. The van der Waals surface area contributed by atoms with E-state index in [4.69, 9.17) is 16.3 Å². The molecule has 0 saturated carbocycles. The van der Waals surface area contributed by atoms with Crippen molar-refractivity contribution in [1.29, 1.82) is 0 Å². The number of esters is 1. The first-order chi connectivity index (χ1) is 15.5. The summed E-state index contributed by atoms with van der Waals surface area (Å²) in [6.45, 7) is 0.253.